The molecule has 2 heterocycles. The van der Waals surface area contributed by atoms with E-state index in [-0.39, 0.29) is 23.7 Å². The quantitative estimate of drug-likeness (QED) is 0.644. The van der Waals surface area contributed by atoms with Crippen molar-refractivity contribution in [2.75, 3.05) is 13.1 Å². The van der Waals surface area contributed by atoms with E-state index in [4.69, 9.17) is 10.2 Å². The van der Waals surface area contributed by atoms with Crippen molar-refractivity contribution >= 4 is 34.4 Å². The van der Waals surface area contributed by atoms with Crippen molar-refractivity contribution in [3.05, 3.63) is 30.0 Å². The lowest BCUT2D eigenvalue weighted by atomic mass is 9.96. The monoisotopic (exact) mass is 342 g/mol. The zero-order valence-electron chi connectivity index (χ0n) is 14.4. The highest BCUT2D eigenvalue weighted by Gasteiger charge is 2.26. The maximum atomic E-state index is 12.3. The molecule has 0 unspecified atom stereocenters. The van der Waals surface area contributed by atoms with Crippen LogP contribution in [-0.2, 0) is 9.59 Å². The number of hydrogen-bond donors (Lipinski definition) is 2. The average Bonchev–Trinajstić information content (AvgIpc) is 2.94. The number of fused-ring (bicyclic) bond motifs is 1. The Kier molecular flexibility index (Phi) is 4.74. The molecule has 1 saturated heterocycles. The van der Waals surface area contributed by atoms with E-state index in [0.717, 1.165) is 16.7 Å². The van der Waals surface area contributed by atoms with Crippen LogP contribution in [0.3, 0.4) is 0 Å². The Morgan fingerprint density at radius 1 is 1.28 bits per heavy atom. The molecule has 0 saturated carbocycles. The van der Waals surface area contributed by atoms with Crippen LogP contribution in [0.2, 0.25) is 0 Å². The van der Waals surface area contributed by atoms with Gasteiger partial charge in [0.1, 0.15) is 11.3 Å². The minimum atomic E-state index is -0.150. The van der Waals surface area contributed by atoms with Gasteiger partial charge in [-0.3, -0.25) is 14.9 Å². The second-order valence-corrected chi connectivity index (χ2v) is 6.35. The highest BCUT2D eigenvalue weighted by molar-refractivity contribution is 5.98. The van der Waals surface area contributed by atoms with Crippen molar-refractivity contribution < 1.29 is 14.0 Å². The predicted molar refractivity (Wildman–Crippen MR) is 95.4 cm³/mol. The minimum Gasteiger partial charge on any atom is -0.461 e. The molecule has 2 amide bonds. The van der Waals surface area contributed by atoms with Crippen LogP contribution in [-0.4, -0.2) is 35.8 Å². The molecule has 1 aliphatic heterocycles. The Morgan fingerprint density at radius 2 is 2.00 bits per heavy atom. The summed E-state index contributed by atoms with van der Waals surface area (Å²) in [5, 5.41) is 3.60. The third-order valence-electron chi connectivity index (χ3n) is 4.43. The smallest absolute Gasteiger partial charge is 0.229 e. The molecule has 3 N–H and O–H groups in total. The minimum absolute atomic E-state index is 0.0461. The van der Waals surface area contributed by atoms with Crippen molar-refractivity contribution in [3.63, 3.8) is 0 Å². The molecule has 7 nitrogen and oxygen atoms in total. The van der Waals surface area contributed by atoms with Crippen LogP contribution < -0.4 is 11.1 Å². The third kappa shape index (κ3) is 3.99. The first-order valence-electron chi connectivity index (χ1n) is 8.33. The molecule has 0 radical (unpaired) electrons. The van der Waals surface area contributed by atoms with Gasteiger partial charge in [-0.15, -0.1) is 0 Å². The van der Waals surface area contributed by atoms with Gasteiger partial charge in [-0.05, 0) is 44.0 Å². The summed E-state index contributed by atoms with van der Waals surface area (Å²) in [6.07, 6.45) is 1.28. The van der Waals surface area contributed by atoms with E-state index in [1.807, 2.05) is 25.1 Å². The van der Waals surface area contributed by atoms with Crippen LogP contribution in [0.4, 0.5) is 5.69 Å². The molecule has 3 rings (SSSR count). The fraction of sp³-hybridized carbons (Fsp3) is 0.389. The molecule has 132 valence electrons. The van der Waals surface area contributed by atoms with Crippen LogP contribution in [0.25, 0.3) is 11.0 Å². The fourth-order valence-electron chi connectivity index (χ4n) is 3.08. The molecule has 2 aromatic rings. The lowest BCUT2D eigenvalue weighted by Gasteiger charge is -2.30. The second-order valence-electron chi connectivity index (χ2n) is 6.35. The number of aliphatic imine (C=N–C) groups is 1. The van der Waals surface area contributed by atoms with Gasteiger partial charge in [0.15, 0.2) is 0 Å². The Labute approximate surface area is 145 Å². The highest BCUT2D eigenvalue weighted by atomic mass is 16.3. The lowest BCUT2D eigenvalue weighted by Crippen LogP contribution is -2.45. The number of guanidine groups is 1. The number of carbonyl (C=O) groups excluding carboxylic acids is 2. The molecular weight excluding hydrogens is 320 g/mol. The zero-order valence-corrected chi connectivity index (χ0v) is 14.4. The summed E-state index contributed by atoms with van der Waals surface area (Å²) in [4.78, 5) is 29.6. The molecule has 0 bridgehead atoms. The number of furan rings is 1. The van der Waals surface area contributed by atoms with Gasteiger partial charge in [0.05, 0.1) is 5.69 Å². The zero-order chi connectivity index (χ0) is 18.0. The first-order chi connectivity index (χ1) is 11.9. The molecule has 25 heavy (non-hydrogen) atoms. The van der Waals surface area contributed by atoms with Gasteiger partial charge in [-0.25, -0.2) is 4.99 Å². The first-order valence-corrected chi connectivity index (χ1v) is 8.33. The summed E-state index contributed by atoms with van der Waals surface area (Å²) < 4.78 is 5.52. The van der Waals surface area contributed by atoms with Gasteiger partial charge < -0.3 is 15.1 Å². The van der Waals surface area contributed by atoms with E-state index in [1.165, 1.54) is 0 Å². The summed E-state index contributed by atoms with van der Waals surface area (Å²) in [6.45, 7) is 4.63. The van der Waals surface area contributed by atoms with Crippen LogP contribution in [0.1, 0.15) is 25.5 Å². The number of piperidine rings is 1. The molecule has 1 aromatic carbocycles. The summed E-state index contributed by atoms with van der Waals surface area (Å²) in [5.41, 5.74) is 7.31. The first kappa shape index (κ1) is 17.0. The lowest BCUT2D eigenvalue weighted by molar-refractivity contribution is -0.133. The number of aryl methyl sites for hydroxylation is 1. The van der Waals surface area contributed by atoms with Crippen molar-refractivity contribution in [1.29, 1.82) is 0 Å². The van der Waals surface area contributed by atoms with Crippen molar-refractivity contribution in [2.45, 2.75) is 26.7 Å². The second kappa shape index (κ2) is 6.96. The third-order valence-corrected chi connectivity index (χ3v) is 4.43. The van der Waals surface area contributed by atoms with E-state index >= 15 is 0 Å². The number of amides is 2. The number of hydrogen-bond acceptors (Lipinski definition) is 4. The Hall–Kier alpha value is -2.83. The van der Waals surface area contributed by atoms with Crippen LogP contribution in [0.15, 0.2) is 33.7 Å². The summed E-state index contributed by atoms with van der Waals surface area (Å²) in [5.74, 6) is 0.644. The van der Waals surface area contributed by atoms with E-state index in [9.17, 15) is 9.59 Å². The maximum absolute atomic E-state index is 12.3. The predicted octanol–water partition coefficient (Wildman–Crippen LogP) is 2.06. The molecule has 0 aliphatic carbocycles. The van der Waals surface area contributed by atoms with Crippen LogP contribution in [0, 0.1) is 12.8 Å². The number of nitrogens with one attached hydrogen (secondary N) is 1. The molecule has 7 heteroatoms. The van der Waals surface area contributed by atoms with Gasteiger partial charge in [-0.2, -0.15) is 0 Å². The van der Waals surface area contributed by atoms with E-state index < -0.39 is 0 Å². The van der Waals surface area contributed by atoms with Crippen molar-refractivity contribution in [1.82, 2.24) is 10.2 Å². The SMILES string of the molecule is CC(=O)N1CCC(C(=O)NC(N)=Nc2ccc3oc(C)cc3c2)CC1. The standard InChI is InChI=1S/C18H22N4O3/c1-11-9-14-10-15(3-4-16(14)25-11)20-18(19)21-17(24)13-5-7-22(8-6-13)12(2)23/h3-4,9-10,13H,5-8H2,1-2H3,(H3,19,20,21,24). The number of likely N-dealkylation sites (tertiary alicyclic amines) is 1. The number of carbonyl (C=O) groups is 2. The maximum Gasteiger partial charge on any atom is 0.229 e. The number of benzene rings is 1. The number of nitrogens with zero attached hydrogens (tertiary/aromatic N) is 2. The van der Waals surface area contributed by atoms with Crippen LogP contribution in [0.5, 0.6) is 0 Å². The van der Waals surface area contributed by atoms with Gasteiger partial charge in [0, 0.05) is 31.3 Å². The largest absolute Gasteiger partial charge is 0.461 e. The van der Waals surface area contributed by atoms with E-state index in [2.05, 4.69) is 10.3 Å². The number of nitrogens with two attached hydrogens (primary N) is 1. The van der Waals surface area contributed by atoms with Crippen molar-refractivity contribution in [2.24, 2.45) is 16.6 Å². The summed E-state index contributed by atoms with van der Waals surface area (Å²) in [6, 6.07) is 7.39. The molecule has 0 atom stereocenters. The summed E-state index contributed by atoms with van der Waals surface area (Å²) in [7, 11) is 0. The van der Waals surface area contributed by atoms with Crippen LogP contribution >= 0.6 is 0 Å². The Morgan fingerprint density at radius 3 is 2.68 bits per heavy atom. The fourth-order valence-corrected chi connectivity index (χ4v) is 3.08. The highest BCUT2D eigenvalue weighted by Crippen LogP contribution is 2.24. The van der Waals surface area contributed by atoms with E-state index in [1.54, 1.807) is 17.9 Å². The van der Waals surface area contributed by atoms with Gasteiger partial charge in [0.2, 0.25) is 17.8 Å². The van der Waals surface area contributed by atoms with E-state index in [0.29, 0.717) is 31.6 Å². The number of rotatable bonds is 2. The average molecular weight is 342 g/mol. The topological polar surface area (TPSA) is 101 Å². The summed E-state index contributed by atoms with van der Waals surface area (Å²) >= 11 is 0. The Balaban J connectivity index is 1.62. The van der Waals surface area contributed by atoms with Crippen molar-refractivity contribution in [3.8, 4) is 0 Å². The molecule has 1 aromatic heterocycles. The molecular formula is C18H22N4O3. The normalized spacial score (nSPS) is 16.2. The van der Waals surface area contributed by atoms with Gasteiger partial charge in [-0.1, -0.05) is 0 Å². The Bertz CT molecular complexity index is 832. The van der Waals surface area contributed by atoms with Gasteiger partial charge in [0.25, 0.3) is 0 Å². The molecule has 1 fully saturated rings. The van der Waals surface area contributed by atoms with Gasteiger partial charge >= 0.3 is 0 Å². The molecule has 0 spiro atoms. The molecule has 1 aliphatic rings.